The van der Waals surface area contributed by atoms with E-state index in [0.29, 0.717) is 12.1 Å². The van der Waals surface area contributed by atoms with Gasteiger partial charge in [0.1, 0.15) is 5.60 Å². The van der Waals surface area contributed by atoms with E-state index < -0.39 is 59.5 Å². The summed E-state index contributed by atoms with van der Waals surface area (Å²) >= 11 is 0. The first-order valence-corrected chi connectivity index (χ1v) is 12.4. The molecule has 0 bridgehead atoms. The van der Waals surface area contributed by atoms with E-state index >= 15 is 0 Å². The summed E-state index contributed by atoms with van der Waals surface area (Å²) in [5, 5.41) is 0. The van der Waals surface area contributed by atoms with Crippen LogP contribution in [0.1, 0.15) is 60.9 Å². The number of carbonyl (C=O) groups is 2. The van der Waals surface area contributed by atoms with Crippen LogP contribution in [0.4, 0.5) is 31.1 Å². The summed E-state index contributed by atoms with van der Waals surface area (Å²) in [7, 11) is 1.35. The molecule has 0 saturated carbocycles. The Kier molecular flexibility index (Phi) is 8.62. The van der Waals surface area contributed by atoms with Crippen LogP contribution < -0.4 is 0 Å². The van der Waals surface area contributed by atoms with E-state index in [2.05, 4.69) is 0 Å². The van der Waals surface area contributed by atoms with Crippen LogP contribution in [-0.2, 0) is 28.4 Å². The normalized spacial score (nSPS) is 18.6. The van der Waals surface area contributed by atoms with Crippen LogP contribution in [0.5, 0.6) is 0 Å². The Morgan fingerprint density at radius 1 is 0.974 bits per heavy atom. The molecule has 0 spiro atoms. The van der Waals surface area contributed by atoms with Gasteiger partial charge in [0.15, 0.2) is 0 Å². The van der Waals surface area contributed by atoms with Gasteiger partial charge in [-0.1, -0.05) is 24.3 Å². The van der Waals surface area contributed by atoms with Crippen LogP contribution in [0.15, 0.2) is 42.5 Å². The van der Waals surface area contributed by atoms with Gasteiger partial charge in [-0.25, -0.2) is 4.79 Å². The minimum atomic E-state index is -4.98. The van der Waals surface area contributed by atoms with Crippen LogP contribution >= 0.6 is 0 Å². The van der Waals surface area contributed by atoms with Crippen molar-refractivity contribution in [2.45, 2.75) is 64.5 Å². The minimum absolute atomic E-state index is 0.0614. The number of aryl methyl sites for hydroxylation is 1. The molecule has 11 heteroatoms. The molecule has 0 aromatic heterocycles. The maximum absolute atomic E-state index is 13.6. The third kappa shape index (κ3) is 7.67. The van der Waals surface area contributed by atoms with E-state index in [1.54, 1.807) is 26.8 Å². The number of hydrogen-bond donors (Lipinski definition) is 0. The number of rotatable bonds is 4. The molecular formula is C28H32F6N2O3. The van der Waals surface area contributed by atoms with Crippen LogP contribution in [0, 0.1) is 12.8 Å². The highest BCUT2D eigenvalue weighted by molar-refractivity contribution is 5.80. The molecule has 2 aromatic rings. The number of benzene rings is 2. The SMILES string of the molecule is Cc1ccccc1[C@H]1CN(C(=O)OC(C)(C)C)CC[C@@H]1C(=O)N(C)Cc1cc(C(F)(F)F)cc(C(F)(F)F)c1. The number of carbonyl (C=O) groups excluding carboxylic acids is 2. The molecular weight excluding hydrogens is 526 g/mol. The Morgan fingerprint density at radius 2 is 1.54 bits per heavy atom. The molecule has 5 nitrogen and oxygen atoms in total. The van der Waals surface area contributed by atoms with Crippen molar-refractivity contribution < 1.29 is 40.7 Å². The second kappa shape index (κ2) is 11.1. The maximum Gasteiger partial charge on any atom is 0.416 e. The van der Waals surface area contributed by atoms with E-state index in [9.17, 15) is 35.9 Å². The van der Waals surface area contributed by atoms with E-state index in [0.717, 1.165) is 16.0 Å². The second-order valence-electron chi connectivity index (χ2n) is 10.9. The number of hydrogen-bond acceptors (Lipinski definition) is 3. The molecule has 0 unspecified atom stereocenters. The van der Waals surface area contributed by atoms with Crippen LogP contribution in [0.3, 0.4) is 0 Å². The van der Waals surface area contributed by atoms with Crippen molar-refractivity contribution >= 4 is 12.0 Å². The molecule has 2 amide bonds. The average molecular weight is 559 g/mol. The van der Waals surface area contributed by atoms with Crippen molar-refractivity contribution in [2.24, 2.45) is 5.92 Å². The fraction of sp³-hybridized carbons (Fsp3) is 0.500. The smallest absolute Gasteiger partial charge is 0.416 e. The number of likely N-dealkylation sites (tertiary alicyclic amines) is 1. The molecule has 0 N–H and O–H groups in total. The lowest BCUT2D eigenvalue weighted by Gasteiger charge is -2.40. The Bertz CT molecular complexity index is 1170. The number of ether oxygens (including phenoxy) is 1. The lowest BCUT2D eigenvalue weighted by Crippen LogP contribution is -2.49. The lowest BCUT2D eigenvalue weighted by molar-refractivity contribution is -0.143. The summed E-state index contributed by atoms with van der Waals surface area (Å²) in [6, 6.07) is 8.68. The predicted molar refractivity (Wildman–Crippen MR) is 133 cm³/mol. The van der Waals surface area contributed by atoms with Crippen molar-refractivity contribution in [1.82, 2.24) is 9.80 Å². The first-order valence-electron chi connectivity index (χ1n) is 12.4. The zero-order valence-corrected chi connectivity index (χ0v) is 22.4. The van der Waals surface area contributed by atoms with Crippen molar-refractivity contribution in [2.75, 3.05) is 20.1 Å². The molecule has 3 rings (SSSR count). The lowest BCUT2D eigenvalue weighted by atomic mass is 9.78. The molecule has 2 atom stereocenters. The van der Waals surface area contributed by atoms with Gasteiger partial charge < -0.3 is 14.5 Å². The molecule has 214 valence electrons. The number of alkyl halides is 6. The van der Waals surface area contributed by atoms with Gasteiger partial charge in [0, 0.05) is 38.5 Å². The molecule has 1 fully saturated rings. The fourth-order valence-corrected chi connectivity index (χ4v) is 4.80. The summed E-state index contributed by atoms with van der Waals surface area (Å²) < 4.78 is 85.4. The number of nitrogens with zero attached hydrogens (tertiary/aromatic N) is 2. The fourth-order valence-electron chi connectivity index (χ4n) is 4.80. The van der Waals surface area contributed by atoms with Crippen LogP contribution in [-0.4, -0.2) is 47.5 Å². The predicted octanol–water partition coefficient (Wildman–Crippen LogP) is 7.03. The molecule has 1 aliphatic heterocycles. The first kappa shape index (κ1) is 30.3. The van der Waals surface area contributed by atoms with Gasteiger partial charge in [-0.15, -0.1) is 0 Å². The van der Waals surface area contributed by atoms with Crippen molar-refractivity contribution in [3.8, 4) is 0 Å². The monoisotopic (exact) mass is 558 g/mol. The largest absolute Gasteiger partial charge is 0.444 e. The number of amides is 2. The van der Waals surface area contributed by atoms with Gasteiger partial charge in [0.2, 0.25) is 5.91 Å². The van der Waals surface area contributed by atoms with E-state index in [4.69, 9.17) is 4.74 Å². The Labute approximate surface area is 223 Å². The van der Waals surface area contributed by atoms with Crippen LogP contribution in [0.2, 0.25) is 0 Å². The molecule has 0 aliphatic carbocycles. The Hall–Kier alpha value is -3.24. The molecule has 39 heavy (non-hydrogen) atoms. The minimum Gasteiger partial charge on any atom is -0.444 e. The summed E-state index contributed by atoms with van der Waals surface area (Å²) in [6.07, 6.45) is -10.2. The zero-order chi connectivity index (χ0) is 29.3. The first-order chi connectivity index (χ1) is 17.9. The van der Waals surface area contributed by atoms with Gasteiger partial charge >= 0.3 is 18.4 Å². The summed E-state index contributed by atoms with van der Waals surface area (Å²) in [5.41, 5.74) is -2.15. The molecule has 2 aromatic carbocycles. The highest BCUT2D eigenvalue weighted by Crippen LogP contribution is 2.38. The van der Waals surface area contributed by atoms with E-state index in [1.807, 2.05) is 25.1 Å². The third-order valence-electron chi connectivity index (χ3n) is 6.61. The van der Waals surface area contributed by atoms with Gasteiger partial charge in [-0.05, 0) is 69.0 Å². The molecule has 0 radical (unpaired) electrons. The molecule has 1 heterocycles. The van der Waals surface area contributed by atoms with Crippen molar-refractivity contribution in [3.63, 3.8) is 0 Å². The summed E-state index contributed by atoms with van der Waals surface area (Å²) in [4.78, 5) is 29.1. The van der Waals surface area contributed by atoms with E-state index in [-0.39, 0.29) is 31.1 Å². The number of halogens is 6. The number of piperidine rings is 1. The topological polar surface area (TPSA) is 49.9 Å². The molecule has 1 saturated heterocycles. The van der Waals surface area contributed by atoms with Gasteiger partial charge in [-0.2, -0.15) is 26.3 Å². The summed E-state index contributed by atoms with van der Waals surface area (Å²) in [6.45, 7) is 7.04. The highest BCUT2D eigenvalue weighted by atomic mass is 19.4. The standard InChI is InChI=1S/C28H32F6N2O3/c1-17-8-6-7-9-21(17)23-16-36(25(38)39-26(2,3)4)11-10-22(23)24(37)35(5)15-18-12-19(27(29,30)31)14-20(13-18)28(32,33)34/h6-9,12-14,22-23H,10-11,15-16H2,1-5H3/t22-,23+/m0/s1. The highest BCUT2D eigenvalue weighted by Gasteiger charge is 2.40. The Morgan fingerprint density at radius 3 is 2.05 bits per heavy atom. The van der Waals surface area contributed by atoms with Gasteiger partial charge in [0.25, 0.3) is 0 Å². The molecule has 1 aliphatic rings. The quantitative estimate of drug-likeness (QED) is 0.379. The zero-order valence-electron chi connectivity index (χ0n) is 22.4. The van der Waals surface area contributed by atoms with Gasteiger partial charge in [-0.3, -0.25) is 4.79 Å². The average Bonchev–Trinajstić information content (AvgIpc) is 2.81. The third-order valence-corrected chi connectivity index (χ3v) is 6.61. The summed E-state index contributed by atoms with van der Waals surface area (Å²) in [5.74, 6) is -1.53. The Balaban J connectivity index is 1.90. The van der Waals surface area contributed by atoms with Crippen molar-refractivity contribution in [3.05, 3.63) is 70.3 Å². The second-order valence-corrected chi connectivity index (χ2v) is 10.9. The van der Waals surface area contributed by atoms with Crippen LogP contribution in [0.25, 0.3) is 0 Å². The van der Waals surface area contributed by atoms with Crippen molar-refractivity contribution in [1.29, 1.82) is 0 Å². The maximum atomic E-state index is 13.6. The van der Waals surface area contributed by atoms with E-state index in [1.165, 1.54) is 11.9 Å². The van der Waals surface area contributed by atoms with Gasteiger partial charge in [0.05, 0.1) is 11.1 Å².